The van der Waals surface area contributed by atoms with Gasteiger partial charge in [-0.05, 0) is 54.8 Å². The van der Waals surface area contributed by atoms with Gasteiger partial charge in [0.25, 0.3) is 0 Å². The van der Waals surface area contributed by atoms with Gasteiger partial charge < -0.3 is 14.9 Å². The fraction of sp³-hybridized carbons (Fsp3) is 0.391. The first-order valence-corrected chi connectivity index (χ1v) is 12.2. The van der Waals surface area contributed by atoms with Gasteiger partial charge in [-0.2, -0.15) is 4.31 Å². The summed E-state index contributed by atoms with van der Waals surface area (Å²) in [5, 5.41) is 8.80. The lowest BCUT2D eigenvalue weighted by Gasteiger charge is -2.35. The minimum atomic E-state index is -3.63. The second kappa shape index (κ2) is 8.91. The zero-order valence-corrected chi connectivity index (χ0v) is 18.8. The van der Waals surface area contributed by atoms with Crippen LogP contribution in [0.1, 0.15) is 24.0 Å². The number of anilines is 2. The molecule has 1 saturated heterocycles. The van der Waals surface area contributed by atoms with Crippen molar-refractivity contribution in [2.24, 2.45) is 0 Å². The van der Waals surface area contributed by atoms with Crippen LogP contribution < -0.4 is 9.80 Å². The number of benzene rings is 2. The van der Waals surface area contributed by atoms with Crippen molar-refractivity contribution >= 4 is 33.3 Å². The fourth-order valence-corrected chi connectivity index (χ4v) is 5.78. The van der Waals surface area contributed by atoms with Gasteiger partial charge in [-0.15, -0.1) is 0 Å². The first-order valence-electron chi connectivity index (χ1n) is 10.7. The van der Waals surface area contributed by atoms with E-state index in [0.717, 1.165) is 11.3 Å². The molecule has 0 unspecified atom stereocenters. The number of carbonyl (C=O) groups is 2. The van der Waals surface area contributed by atoms with Gasteiger partial charge in [0.1, 0.15) is 0 Å². The number of aryl methyl sites for hydroxylation is 1. The van der Waals surface area contributed by atoms with Crippen molar-refractivity contribution in [1.29, 1.82) is 0 Å². The second-order valence-electron chi connectivity index (χ2n) is 8.21. The van der Waals surface area contributed by atoms with Gasteiger partial charge in [0.15, 0.2) is 0 Å². The predicted octanol–water partition coefficient (Wildman–Crippen LogP) is 2.26. The Hall–Kier alpha value is -2.91. The van der Waals surface area contributed by atoms with E-state index in [1.54, 1.807) is 23.1 Å². The van der Waals surface area contributed by atoms with Crippen LogP contribution in [0, 0.1) is 6.92 Å². The monoisotopic (exact) mass is 457 g/mol. The van der Waals surface area contributed by atoms with Crippen LogP contribution in [0.2, 0.25) is 0 Å². The van der Waals surface area contributed by atoms with E-state index in [9.17, 15) is 18.0 Å². The molecule has 0 saturated carbocycles. The molecule has 0 radical (unpaired) electrons. The summed E-state index contributed by atoms with van der Waals surface area (Å²) in [7, 11) is -3.63. The Morgan fingerprint density at radius 1 is 0.969 bits per heavy atom. The summed E-state index contributed by atoms with van der Waals surface area (Å²) in [6.07, 6.45) is 0.268. The molecule has 1 fully saturated rings. The van der Waals surface area contributed by atoms with Crippen LogP contribution in [0.5, 0.6) is 0 Å². The topological polar surface area (TPSA) is 98.2 Å². The lowest BCUT2D eigenvalue weighted by Crippen LogP contribution is -2.48. The van der Waals surface area contributed by atoms with E-state index >= 15 is 0 Å². The first kappa shape index (κ1) is 22.3. The number of carboxylic acid groups (broad SMARTS) is 1. The van der Waals surface area contributed by atoms with Crippen LogP contribution in [0.4, 0.5) is 11.4 Å². The lowest BCUT2D eigenvalue weighted by atomic mass is 10.2. The maximum atomic E-state index is 13.2. The normalized spacial score (nSPS) is 16.8. The van der Waals surface area contributed by atoms with Crippen molar-refractivity contribution in [1.82, 2.24) is 4.31 Å². The minimum Gasteiger partial charge on any atom is -0.481 e. The zero-order valence-electron chi connectivity index (χ0n) is 18.0. The molecule has 2 heterocycles. The number of aliphatic carboxylic acids is 1. The van der Waals surface area contributed by atoms with Crippen LogP contribution in [0.3, 0.4) is 0 Å². The van der Waals surface area contributed by atoms with E-state index in [-0.39, 0.29) is 23.6 Å². The summed E-state index contributed by atoms with van der Waals surface area (Å²) in [6, 6.07) is 13.1. The van der Waals surface area contributed by atoms with Crippen LogP contribution in [0.25, 0.3) is 0 Å². The molecule has 2 aliphatic rings. The number of carbonyl (C=O) groups excluding carboxylic acids is 1. The number of hydrogen-bond donors (Lipinski definition) is 1. The van der Waals surface area contributed by atoms with E-state index in [1.807, 2.05) is 25.1 Å². The van der Waals surface area contributed by atoms with E-state index in [2.05, 4.69) is 11.0 Å². The second-order valence-corrected chi connectivity index (χ2v) is 10.1. The average molecular weight is 458 g/mol. The highest BCUT2D eigenvalue weighted by Crippen LogP contribution is 2.32. The number of nitrogens with zero attached hydrogens (tertiary/aromatic N) is 3. The molecule has 2 aromatic rings. The molecular weight excluding hydrogens is 430 g/mol. The van der Waals surface area contributed by atoms with Gasteiger partial charge in [-0.1, -0.05) is 12.1 Å². The number of hydrogen-bond acceptors (Lipinski definition) is 5. The Balaban J connectivity index is 1.45. The van der Waals surface area contributed by atoms with E-state index < -0.39 is 16.0 Å². The highest BCUT2D eigenvalue weighted by Gasteiger charge is 2.31. The molecular formula is C23H27N3O5S. The van der Waals surface area contributed by atoms with Crippen LogP contribution >= 0.6 is 0 Å². The smallest absolute Gasteiger partial charge is 0.303 e. The molecule has 2 aromatic carbocycles. The van der Waals surface area contributed by atoms with E-state index in [0.29, 0.717) is 44.8 Å². The SMILES string of the molecule is Cc1cccc(N2CCN(S(=O)(=O)c3ccc4c(c3)CCN4C(=O)CCC(=O)O)CC2)c1. The number of rotatable bonds is 6. The summed E-state index contributed by atoms with van der Waals surface area (Å²) in [4.78, 5) is 27.1. The van der Waals surface area contributed by atoms with Gasteiger partial charge in [-0.25, -0.2) is 8.42 Å². The third kappa shape index (κ3) is 4.49. The number of piperazine rings is 1. The molecule has 0 atom stereocenters. The van der Waals surface area contributed by atoms with Crippen LogP contribution in [-0.4, -0.2) is 62.4 Å². The summed E-state index contributed by atoms with van der Waals surface area (Å²) in [5.74, 6) is -1.27. The molecule has 0 spiro atoms. The summed E-state index contributed by atoms with van der Waals surface area (Å²) >= 11 is 0. The fourth-order valence-electron chi connectivity index (χ4n) is 4.31. The molecule has 170 valence electrons. The Bertz CT molecular complexity index is 1140. The van der Waals surface area contributed by atoms with Gasteiger partial charge in [0.2, 0.25) is 15.9 Å². The largest absolute Gasteiger partial charge is 0.481 e. The van der Waals surface area contributed by atoms with Crippen molar-refractivity contribution in [3.05, 3.63) is 53.6 Å². The molecule has 0 aromatic heterocycles. The van der Waals surface area contributed by atoms with Gasteiger partial charge >= 0.3 is 5.97 Å². The number of fused-ring (bicyclic) bond motifs is 1. The van der Waals surface area contributed by atoms with E-state index in [4.69, 9.17) is 5.11 Å². The predicted molar refractivity (Wildman–Crippen MR) is 122 cm³/mol. The van der Waals surface area contributed by atoms with Crippen molar-refractivity contribution < 1.29 is 23.1 Å². The molecule has 0 aliphatic carbocycles. The number of carboxylic acids is 1. The van der Waals surface area contributed by atoms with Gasteiger partial charge in [0, 0.05) is 50.5 Å². The Labute approximate surface area is 188 Å². The lowest BCUT2D eigenvalue weighted by molar-refractivity contribution is -0.138. The molecule has 2 aliphatic heterocycles. The zero-order chi connectivity index (χ0) is 22.9. The number of amides is 1. The third-order valence-corrected chi connectivity index (χ3v) is 7.94. The maximum Gasteiger partial charge on any atom is 0.303 e. The van der Waals surface area contributed by atoms with Crippen molar-refractivity contribution in [2.45, 2.75) is 31.1 Å². The minimum absolute atomic E-state index is 0.0694. The van der Waals surface area contributed by atoms with Crippen molar-refractivity contribution in [2.75, 3.05) is 42.5 Å². The summed E-state index contributed by atoms with van der Waals surface area (Å²) in [6.45, 7) is 4.55. The average Bonchev–Trinajstić information content (AvgIpc) is 3.21. The van der Waals surface area contributed by atoms with Crippen LogP contribution in [-0.2, 0) is 26.0 Å². The molecule has 8 nitrogen and oxygen atoms in total. The Kier molecular flexibility index (Phi) is 6.21. The highest BCUT2D eigenvalue weighted by molar-refractivity contribution is 7.89. The molecule has 1 N–H and O–H groups in total. The van der Waals surface area contributed by atoms with E-state index in [1.165, 1.54) is 9.87 Å². The molecule has 32 heavy (non-hydrogen) atoms. The standard InChI is InChI=1S/C23H27N3O5S/c1-17-3-2-4-19(15-17)24-11-13-25(14-12-24)32(30,31)20-5-6-21-18(16-20)9-10-26(21)22(27)7-8-23(28)29/h2-6,15-16H,7-14H2,1H3,(H,28,29). The quantitative estimate of drug-likeness (QED) is 0.715. The molecule has 4 rings (SSSR count). The third-order valence-electron chi connectivity index (χ3n) is 6.04. The molecule has 1 amide bonds. The maximum absolute atomic E-state index is 13.2. The van der Waals surface area contributed by atoms with Crippen LogP contribution in [0.15, 0.2) is 47.4 Å². The van der Waals surface area contributed by atoms with Gasteiger partial charge in [0.05, 0.1) is 11.3 Å². The van der Waals surface area contributed by atoms with Crippen molar-refractivity contribution in [3.8, 4) is 0 Å². The first-order chi connectivity index (χ1) is 15.3. The Morgan fingerprint density at radius 2 is 1.72 bits per heavy atom. The summed E-state index contributed by atoms with van der Waals surface area (Å²) in [5.41, 5.74) is 3.75. The molecule has 0 bridgehead atoms. The Morgan fingerprint density at radius 3 is 2.41 bits per heavy atom. The van der Waals surface area contributed by atoms with Gasteiger partial charge in [-0.3, -0.25) is 9.59 Å². The molecule has 9 heteroatoms. The number of sulfonamides is 1. The van der Waals surface area contributed by atoms with Crippen molar-refractivity contribution in [3.63, 3.8) is 0 Å². The highest BCUT2D eigenvalue weighted by atomic mass is 32.2. The summed E-state index contributed by atoms with van der Waals surface area (Å²) < 4.78 is 28.0.